The molecule has 0 aromatic carbocycles. The van der Waals surface area contributed by atoms with Gasteiger partial charge in [-0.1, -0.05) is 82.4 Å². The van der Waals surface area contributed by atoms with E-state index in [0.29, 0.717) is 25.7 Å². The summed E-state index contributed by atoms with van der Waals surface area (Å²) in [7, 11) is 0. The summed E-state index contributed by atoms with van der Waals surface area (Å²) in [6, 6.07) is 0. The maximum Gasteiger partial charge on any atom is 0.348 e. The normalized spacial score (nSPS) is 29.0. The lowest BCUT2D eigenvalue weighted by atomic mass is 9.87. The molecule has 0 aromatic heterocycles. The van der Waals surface area contributed by atoms with Crippen LogP contribution in [0.3, 0.4) is 0 Å². The number of carbonyl (C=O) groups is 9. The molecule has 3 N–H and O–H groups in total. The smallest absolute Gasteiger partial charge is 0.348 e. The first-order valence-electron chi connectivity index (χ1n) is 25.2. The first-order valence-corrected chi connectivity index (χ1v) is 25.2. The zero-order valence-corrected chi connectivity index (χ0v) is 43.1. The number of carbonyl (C=O) groups excluding carboxylic acids is 9. The minimum Gasteiger partial charge on any atom is -0.480 e. The largest absolute Gasteiger partial charge is 0.480 e. The molecule has 0 bridgehead atoms. The predicted octanol–water partition coefficient (Wildman–Crippen LogP) is 6.40. The fourth-order valence-electron chi connectivity index (χ4n) is 9.19. The second kappa shape index (κ2) is 22.1. The van der Waals surface area contributed by atoms with Gasteiger partial charge >= 0.3 is 53.7 Å². The third kappa shape index (κ3) is 11.6. The highest BCUT2D eigenvalue weighted by molar-refractivity contribution is 6.17. The van der Waals surface area contributed by atoms with Gasteiger partial charge in [0.1, 0.15) is 33.4 Å². The van der Waals surface area contributed by atoms with E-state index >= 15 is 0 Å². The Bertz CT molecular complexity index is 2940. The second-order valence-corrected chi connectivity index (χ2v) is 18.8. The highest BCUT2D eigenvalue weighted by Crippen LogP contribution is 2.47. The van der Waals surface area contributed by atoms with Crippen molar-refractivity contribution in [3.05, 3.63) is 142 Å². The third-order valence-electron chi connectivity index (χ3n) is 14.0. The van der Waals surface area contributed by atoms with Gasteiger partial charge in [-0.3, -0.25) is 0 Å². The number of hydrogen-bond donors (Lipinski definition) is 3. The zero-order chi connectivity index (χ0) is 57.0. The fourth-order valence-corrected chi connectivity index (χ4v) is 9.19. The number of rotatable bonds is 13. The summed E-state index contributed by atoms with van der Waals surface area (Å²) in [5.74, 6) is -20.0. The van der Waals surface area contributed by atoms with Gasteiger partial charge in [0.15, 0.2) is 0 Å². The van der Waals surface area contributed by atoms with E-state index in [9.17, 15) is 58.5 Å². The van der Waals surface area contributed by atoms with Crippen molar-refractivity contribution >= 4 is 53.7 Å². The van der Waals surface area contributed by atoms with Crippen molar-refractivity contribution in [1.82, 2.24) is 0 Å². The van der Waals surface area contributed by atoms with Gasteiger partial charge < -0.3 is 72.2 Å². The summed E-state index contributed by atoms with van der Waals surface area (Å²) in [6.45, 7) is 6.96. The van der Waals surface area contributed by atoms with Crippen LogP contribution in [0, 0.1) is 0 Å². The van der Waals surface area contributed by atoms with Gasteiger partial charge in [-0.25, -0.2) is 43.2 Å². The van der Waals surface area contributed by atoms with Crippen LogP contribution in [0.2, 0.25) is 0 Å². The zero-order valence-electron chi connectivity index (χ0n) is 43.1. The number of esters is 9. The maximum absolute atomic E-state index is 13.1. The van der Waals surface area contributed by atoms with Crippen molar-refractivity contribution < 1.29 is 115 Å². The molecule has 0 aromatic rings. The molecule has 5 fully saturated rings. The Morgan fingerprint density at radius 2 is 0.532 bits per heavy atom. The molecule has 2 aliphatic carbocycles. The van der Waals surface area contributed by atoms with Crippen LogP contribution in [0.25, 0.3) is 0 Å². The van der Waals surface area contributed by atoms with Crippen molar-refractivity contribution in [1.29, 1.82) is 0 Å². The molecule has 6 aliphatic heterocycles. The number of cyclic esters (lactones) is 2. The van der Waals surface area contributed by atoms with Crippen molar-refractivity contribution in [2.45, 2.75) is 139 Å². The van der Waals surface area contributed by atoms with Crippen molar-refractivity contribution in [2.24, 2.45) is 0 Å². The standard InChI is InChI=1S/C55H54O24/c1-5-50(6-2)68-38(56)32(39(57)69-50)18-12-9-14-20-34-42(60)72-52(73-43(34)61)24-28-54(29-25-52)76-46(64)36(47(65)77-54)22-16-11-17-23-37-48(66)78-55(79-49(37)67)30-26-53(27-31-55)74-44(62)35(45(63)75-53)21-15-10-13-19-33-40(58)70-51(7-3,8-4)71-41(33)59/h9-23,56,58,64H,5-8,24-31H2,1-4H3/b14-9+,15-10?,17-11+,18-12+,19-13?,22-16+,34-20?,35-21?,37-23?. The molecule has 0 radical (unpaired) electrons. The minimum absolute atomic E-state index is 0.164. The van der Waals surface area contributed by atoms with Gasteiger partial charge in [0.25, 0.3) is 52.6 Å². The Morgan fingerprint density at radius 1 is 0.304 bits per heavy atom. The van der Waals surface area contributed by atoms with Crippen LogP contribution in [0.4, 0.5) is 0 Å². The fraction of sp³-hybridized carbons (Fsp3) is 0.400. The van der Waals surface area contributed by atoms with Gasteiger partial charge in [0.2, 0.25) is 0 Å². The summed E-state index contributed by atoms with van der Waals surface area (Å²) in [4.78, 5) is 116. The summed E-state index contributed by atoms with van der Waals surface area (Å²) in [5, 5.41) is 31.3. The van der Waals surface area contributed by atoms with E-state index in [-0.39, 0.29) is 68.1 Å². The van der Waals surface area contributed by atoms with Crippen LogP contribution in [-0.2, 0) is 100.0 Å². The van der Waals surface area contributed by atoms with Gasteiger partial charge in [-0.15, -0.1) is 0 Å². The Labute approximate surface area is 449 Å². The monoisotopic (exact) mass is 1100 g/mol. The average molecular weight is 1100 g/mol. The van der Waals surface area contributed by atoms with E-state index in [4.69, 9.17) is 56.8 Å². The maximum atomic E-state index is 13.1. The molecule has 0 unspecified atom stereocenters. The van der Waals surface area contributed by atoms with Crippen LogP contribution in [0.15, 0.2) is 142 Å². The Balaban J connectivity index is 0.786. The molecule has 0 amide bonds. The Kier molecular flexibility index (Phi) is 15.7. The Hall–Kier alpha value is -9.09. The average Bonchev–Trinajstić information content (AvgIpc) is 3.39. The van der Waals surface area contributed by atoms with E-state index < -0.39 is 123 Å². The van der Waals surface area contributed by atoms with E-state index in [2.05, 4.69) is 0 Å². The molecule has 0 atom stereocenters. The molecule has 4 spiro atoms. The number of hydrogen-bond acceptors (Lipinski definition) is 24. The summed E-state index contributed by atoms with van der Waals surface area (Å²) in [5.41, 5.74) is -2.23. The molecule has 24 heteroatoms. The predicted molar refractivity (Wildman–Crippen MR) is 261 cm³/mol. The topological polar surface area (TPSA) is 325 Å². The molecular weight excluding hydrogens is 1040 g/mol. The highest BCUT2D eigenvalue weighted by atomic mass is 16.8. The van der Waals surface area contributed by atoms with E-state index in [1.807, 2.05) is 0 Å². The van der Waals surface area contributed by atoms with Gasteiger partial charge in [0.05, 0.1) is 0 Å². The lowest BCUT2D eigenvalue weighted by Crippen LogP contribution is -2.56. The van der Waals surface area contributed by atoms with Crippen LogP contribution in [0.5, 0.6) is 0 Å². The molecular formula is C55H54O24. The van der Waals surface area contributed by atoms with E-state index in [1.165, 1.54) is 66.8 Å². The van der Waals surface area contributed by atoms with Crippen LogP contribution in [0.1, 0.15) is 105 Å². The molecule has 79 heavy (non-hydrogen) atoms. The third-order valence-corrected chi connectivity index (χ3v) is 14.0. The van der Waals surface area contributed by atoms with Crippen LogP contribution in [-0.4, -0.2) is 104 Å². The highest BCUT2D eigenvalue weighted by Gasteiger charge is 2.58. The molecule has 8 rings (SSSR count). The molecule has 6 heterocycles. The molecule has 2 saturated carbocycles. The number of allylic oxidation sites excluding steroid dienone is 12. The Morgan fingerprint density at radius 3 is 0.772 bits per heavy atom. The molecule has 3 saturated heterocycles. The summed E-state index contributed by atoms with van der Waals surface area (Å²) < 4.78 is 65.9. The molecule has 24 nitrogen and oxygen atoms in total. The van der Waals surface area contributed by atoms with Crippen molar-refractivity contribution in [3.63, 3.8) is 0 Å². The number of ether oxygens (including phenoxy) is 12. The van der Waals surface area contributed by atoms with Crippen molar-refractivity contribution in [3.8, 4) is 0 Å². The summed E-state index contributed by atoms with van der Waals surface area (Å²) in [6.07, 6.45) is 18.6. The first-order chi connectivity index (χ1) is 37.6. The van der Waals surface area contributed by atoms with E-state index in [0.717, 1.165) is 24.3 Å². The number of aliphatic hydroxyl groups excluding tert-OH is 3. The van der Waals surface area contributed by atoms with E-state index in [1.54, 1.807) is 27.7 Å². The van der Waals surface area contributed by atoms with Gasteiger partial charge in [0, 0.05) is 77.0 Å². The SMILES string of the molecule is CCC1(CC)OC(=O)C(C=CC=CC=C2C(=O)OC3(CCC4(CC3)OC(=O)C(=C/C=C/C=C/C3=C(O)OC5(CCC6(CC5)OC(=O)C(=C/C=C/C=C/C5=C(O)OC(CC)(CC)OC5=O)C(=O)O6)OC3=O)C(=O)O4)OC2=O)=C(O)O1. The van der Waals surface area contributed by atoms with Crippen LogP contribution >= 0.6 is 0 Å². The first kappa shape index (κ1) is 56.1. The second-order valence-electron chi connectivity index (χ2n) is 18.8. The van der Waals surface area contributed by atoms with Gasteiger partial charge in [-0.2, -0.15) is 0 Å². The van der Waals surface area contributed by atoms with Crippen LogP contribution < -0.4 is 0 Å². The quantitative estimate of drug-likeness (QED) is 0.0590. The van der Waals surface area contributed by atoms with Gasteiger partial charge in [-0.05, 0) is 36.5 Å². The lowest BCUT2D eigenvalue weighted by Gasteiger charge is -2.46. The number of aliphatic hydroxyl groups is 3. The summed E-state index contributed by atoms with van der Waals surface area (Å²) >= 11 is 0. The minimum atomic E-state index is -1.75. The lowest BCUT2D eigenvalue weighted by molar-refractivity contribution is -0.297. The van der Waals surface area contributed by atoms with Crippen molar-refractivity contribution in [2.75, 3.05) is 0 Å². The molecule has 8 aliphatic rings. The molecule has 418 valence electrons.